The van der Waals surface area contributed by atoms with E-state index in [4.69, 9.17) is 10.5 Å². The molecule has 15 heavy (non-hydrogen) atoms. The molecule has 0 bridgehead atoms. The van der Waals surface area contributed by atoms with Gasteiger partial charge in [-0.15, -0.1) is 0 Å². The normalized spacial score (nSPS) is 10.3. The molecule has 0 aliphatic carbocycles. The lowest BCUT2D eigenvalue weighted by atomic mass is 10.1. The van der Waals surface area contributed by atoms with E-state index in [1.165, 1.54) is 6.08 Å². The number of hydrogen-bond acceptors (Lipinski definition) is 3. The lowest BCUT2D eigenvalue weighted by Crippen LogP contribution is -2.08. The zero-order chi connectivity index (χ0) is 11.3. The Morgan fingerprint density at radius 3 is 2.20 bits per heavy atom. The first-order valence-corrected chi connectivity index (χ1v) is 4.46. The largest absolute Gasteiger partial charge is 0.378 e. The fourth-order valence-electron chi connectivity index (χ4n) is 1.18. The summed E-state index contributed by atoms with van der Waals surface area (Å²) in [5.74, 6) is 0. The minimum Gasteiger partial charge on any atom is -0.378 e. The van der Waals surface area contributed by atoms with Crippen molar-refractivity contribution in [2.75, 3.05) is 19.0 Å². The second kappa shape index (κ2) is 4.83. The van der Waals surface area contributed by atoms with Gasteiger partial charge in [-0.25, -0.2) is 0 Å². The van der Waals surface area contributed by atoms with Gasteiger partial charge >= 0.3 is 0 Å². The lowest BCUT2D eigenvalue weighted by molar-refractivity contribution is 1.13. The van der Waals surface area contributed by atoms with Crippen LogP contribution in [0.1, 0.15) is 5.56 Å². The summed E-state index contributed by atoms with van der Waals surface area (Å²) < 4.78 is 0. The van der Waals surface area contributed by atoms with Gasteiger partial charge in [0, 0.05) is 25.9 Å². The number of anilines is 1. The maximum absolute atomic E-state index is 8.81. The Labute approximate surface area is 89.5 Å². The van der Waals surface area contributed by atoms with E-state index in [0.717, 1.165) is 11.3 Å². The molecule has 0 saturated carbocycles. The van der Waals surface area contributed by atoms with Gasteiger partial charge in [-0.3, -0.25) is 0 Å². The summed E-state index contributed by atoms with van der Waals surface area (Å²) in [4.78, 5) is 1.98. The Balaban J connectivity index is 3.05. The van der Waals surface area contributed by atoms with Crippen molar-refractivity contribution in [1.82, 2.24) is 0 Å². The number of rotatable bonds is 2. The molecule has 0 unspecified atom stereocenters. The maximum atomic E-state index is 8.81. The van der Waals surface area contributed by atoms with Crippen LogP contribution in [-0.2, 0) is 0 Å². The number of allylic oxidation sites excluding steroid dienone is 2. The topological polar surface area (TPSA) is 50.8 Å². The molecule has 74 valence electrons. The molecule has 3 nitrogen and oxygen atoms in total. The molecular formula is C12H11N3. The van der Waals surface area contributed by atoms with Gasteiger partial charge in [0.2, 0.25) is 0 Å². The molecule has 1 aromatic carbocycles. The molecule has 0 spiro atoms. The van der Waals surface area contributed by atoms with Gasteiger partial charge in [0.15, 0.2) is 0 Å². The van der Waals surface area contributed by atoms with Gasteiger partial charge in [0.1, 0.15) is 6.07 Å². The molecule has 0 heterocycles. The summed E-state index contributed by atoms with van der Waals surface area (Å²) >= 11 is 0. The molecule has 0 radical (unpaired) electrons. The highest BCUT2D eigenvalue weighted by Gasteiger charge is 2.00. The standard InChI is InChI=1S/C12H11N3/c1-15(2)12-5-3-10(4-6-12)11(9-14)7-8-13/h3-7H,1-2H3. The minimum absolute atomic E-state index is 0.391. The SMILES string of the molecule is CN(C)c1ccc(C(C#N)=CC#N)cc1. The Morgan fingerprint density at radius 1 is 1.20 bits per heavy atom. The Bertz CT molecular complexity index is 441. The molecule has 3 heteroatoms. The second-order valence-electron chi connectivity index (χ2n) is 3.24. The number of nitrogens with zero attached hydrogens (tertiary/aromatic N) is 3. The van der Waals surface area contributed by atoms with Crippen LogP contribution in [0.5, 0.6) is 0 Å². The highest BCUT2D eigenvalue weighted by Crippen LogP contribution is 2.17. The van der Waals surface area contributed by atoms with Gasteiger partial charge < -0.3 is 4.90 Å². The van der Waals surface area contributed by atoms with Crippen LogP contribution in [0.25, 0.3) is 5.57 Å². The van der Waals surface area contributed by atoms with Crippen molar-refractivity contribution in [1.29, 1.82) is 10.5 Å². The van der Waals surface area contributed by atoms with Crippen LogP contribution in [0, 0.1) is 22.7 Å². The Kier molecular flexibility index (Phi) is 3.49. The summed E-state index contributed by atoms with van der Waals surface area (Å²) in [6.45, 7) is 0. The summed E-state index contributed by atoms with van der Waals surface area (Å²) in [6.07, 6.45) is 1.25. The van der Waals surface area contributed by atoms with Crippen molar-refractivity contribution in [3.05, 3.63) is 35.9 Å². The molecule has 0 N–H and O–H groups in total. The maximum Gasteiger partial charge on any atom is 0.101 e. The van der Waals surface area contributed by atoms with Crippen LogP contribution in [-0.4, -0.2) is 14.1 Å². The zero-order valence-electron chi connectivity index (χ0n) is 8.73. The van der Waals surface area contributed by atoms with Crippen LogP contribution < -0.4 is 4.90 Å². The van der Waals surface area contributed by atoms with Crippen LogP contribution >= 0.6 is 0 Å². The van der Waals surface area contributed by atoms with Crippen LogP contribution in [0.3, 0.4) is 0 Å². The summed E-state index contributed by atoms with van der Waals surface area (Å²) in [5.41, 5.74) is 2.22. The van der Waals surface area contributed by atoms with Gasteiger partial charge in [-0.2, -0.15) is 10.5 Å². The van der Waals surface area contributed by atoms with Crippen LogP contribution in [0.2, 0.25) is 0 Å². The van der Waals surface area contributed by atoms with Crippen molar-refractivity contribution in [2.45, 2.75) is 0 Å². The van der Waals surface area contributed by atoms with Gasteiger partial charge in [-0.1, -0.05) is 12.1 Å². The van der Waals surface area contributed by atoms with Gasteiger partial charge in [0.25, 0.3) is 0 Å². The fraction of sp³-hybridized carbons (Fsp3) is 0.167. The van der Waals surface area contributed by atoms with E-state index >= 15 is 0 Å². The van der Waals surface area contributed by atoms with Crippen molar-refractivity contribution >= 4 is 11.3 Å². The van der Waals surface area contributed by atoms with E-state index in [1.807, 2.05) is 55.4 Å². The fourth-order valence-corrected chi connectivity index (χ4v) is 1.18. The first kappa shape index (κ1) is 10.8. The molecule has 0 saturated heterocycles. The highest BCUT2D eigenvalue weighted by molar-refractivity contribution is 5.78. The van der Waals surface area contributed by atoms with E-state index in [1.54, 1.807) is 0 Å². The van der Waals surface area contributed by atoms with Crippen LogP contribution in [0.15, 0.2) is 30.3 Å². The molecule has 0 atom stereocenters. The Morgan fingerprint density at radius 2 is 1.80 bits per heavy atom. The quantitative estimate of drug-likeness (QED) is 0.683. The molecule has 0 fully saturated rings. The smallest absolute Gasteiger partial charge is 0.101 e. The third kappa shape index (κ3) is 2.59. The zero-order valence-corrected chi connectivity index (χ0v) is 8.73. The molecule has 1 aromatic rings. The molecular weight excluding hydrogens is 186 g/mol. The Hall–Kier alpha value is -2.26. The summed E-state index contributed by atoms with van der Waals surface area (Å²) in [7, 11) is 3.90. The van der Waals surface area contributed by atoms with Crippen molar-refractivity contribution < 1.29 is 0 Å². The third-order valence-electron chi connectivity index (χ3n) is 2.02. The van der Waals surface area contributed by atoms with Crippen molar-refractivity contribution in [3.8, 4) is 12.1 Å². The first-order chi connectivity index (χ1) is 7.19. The third-order valence-corrected chi connectivity index (χ3v) is 2.02. The number of nitriles is 2. The molecule has 0 aliphatic rings. The predicted octanol–water partition coefficient (Wildman–Crippen LogP) is 2.18. The van der Waals surface area contributed by atoms with E-state index in [9.17, 15) is 0 Å². The van der Waals surface area contributed by atoms with Crippen molar-refractivity contribution in [2.24, 2.45) is 0 Å². The van der Waals surface area contributed by atoms with E-state index in [-0.39, 0.29) is 0 Å². The van der Waals surface area contributed by atoms with Crippen molar-refractivity contribution in [3.63, 3.8) is 0 Å². The second-order valence-corrected chi connectivity index (χ2v) is 3.24. The van der Waals surface area contributed by atoms with E-state index in [2.05, 4.69) is 0 Å². The molecule has 0 aliphatic heterocycles. The lowest BCUT2D eigenvalue weighted by Gasteiger charge is -2.12. The number of benzene rings is 1. The monoisotopic (exact) mass is 197 g/mol. The number of hydrogen-bond donors (Lipinski definition) is 0. The highest BCUT2D eigenvalue weighted by atomic mass is 15.1. The average molecular weight is 197 g/mol. The molecule has 0 amide bonds. The van der Waals surface area contributed by atoms with E-state index in [0.29, 0.717) is 5.57 Å². The van der Waals surface area contributed by atoms with Crippen LogP contribution in [0.4, 0.5) is 5.69 Å². The van der Waals surface area contributed by atoms with Gasteiger partial charge in [-0.05, 0) is 17.7 Å². The minimum atomic E-state index is 0.391. The summed E-state index contributed by atoms with van der Waals surface area (Å²) in [5, 5.41) is 17.3. The molecule has 0 aromatic heterocycles. The first-order valence-electron chi connectivity index (χ1n) is 4.46. The summed E-state index contributed by atoms with van der Waals surface area (Å²) in [6, 6.07) is 11.4. The van der Waals surface area contributed by atoms with Gasteiger partial charge in [0.05, 0.1) is 11.6 Å². The predicted molar refractivity (Wildman–Crippen MR) is 60.0 cm³/mol. The molecule has 1 rings (SSSR count). The average Bonchev–Trinajstić information content (AvgIpc) is 2.26. The van der Waals surface area contributed by atoms with E-state index < -0.39 is 0 Å².